The number of β-lactam (4-membered cyclic amide) rings is 1. The van der Waals surface area contributed by atoms with Gasteiger partial charge < -0.3 is 31.2 Å². The van der Waals surface area contributed by atoms with Gasteiger partial charge in [-0.25, -0.2) is 14.6 Å². The van der Waals surface area contributed by atoms with E-state index in [0.29, 0.717) is 17.1 Å². The summed E-state index contributed by atoms with van der Waals surface area (Å²) in [6.07, 6.45) is -5.08. The lowest BCUT2D eigenvalue weighted by Gasteiger charge is -2.49. The van der Waals surface area contributed by atoms with E-state index in [9.17, 15) is 37.9 Å². The molecule has 1 fully saturated rings. The number of carboxylic acids is 2. The smallest absolute Gasteiger partial charge is 0.489 e. The number of benzene rings is 1. The Balaban J connectivity index is 0.000000559. The molecule has 214 valence electrons. The van der Waals surface area contributed by atoms with E-state index < -0.39 is 47.1 Å². The SMILES string of the molecule is Cc1cccc(OCC2=C(C(=O)O)N3C(=O)C(NC(=O)/C(=N\O)c4csc(N)n4)[C@H]3SC2)c1.O=C(O)C(F)(F)F. The number of hydrogen-bond acceptors (Lipinski definition) is 11. The first-order valence-electron chi connectivity index (χ1n) is 10.9. The van der Waals surface area contributed by atoms with Crippen LogP contribution in [0, 0.1) is 6.92 Å². The van der Waals surface area contributed by atoms with Crippen molar-refractivity contribution in [2.45, 2.75) is 24.5 Å². The molecule has 1 aromatic carbocycles. The molecular formula is C22H20F3N5O8S2. The summed E-state index contributed by atoms with van der Waals surface area (Å²) in [5.41, 5.74) is 6.54. The number of nitrogens with one attached hydrogen (secondary N) is 1. The molecule has 1 unspecified atom stereocenters. The van der Waals surface area contributed by atoms with Gasteiger partial charge in [0.15, 0.2) is 10.8 Å². The maximum absolute atomic E-state index is 12.8. The molecule has 0 saturated carbocycles. The van der Waals surface area contributed by atoms with Crippen molar-refractivity contribution in [1.82, 2.24) is 15.2 Å². The zero-order valence-corrected chi connectivity index (χ0v) is 21.8. The fraction of sp³-hybridized carbons (Fsp3) is 0.273. The van der Waals surface area contributed by atoms with Crippen LogP contribution in [0.3, 0.4) is 0 Å². The highest BCUT2D eigenvalue weighted by molar-refractivity contribution is 8.00. The van der Waals surface area contributed by atoms with Crippen LogP contribution >= 0.6 is 23.1 Å². The van der Waals surface area contributed by atoms with Gasteiger partial charge in [-0.15, -0.1) is 23.1 Å². The molecule has 1 saturated heterocycles. The number of hydrogen-bond donors (Lipinski definition) is 5. The molecule has 3 heterocycles. The number of aryl methyl sites for hydroxylation is 1. The van der Waals surface area contributed by atoms with Crippen LogP contribution in [0.1, 0.15) is 11.3 Å². The number of alkyl halides is 3. The van der Waals surface area contributed by atoms with Crippen LogP contribution < -0.4 is 15.8 Å². The van der Waals surface area contributed by atoms with Crippen molar-refractivity contribution in [3.8, 4) is 5.75 Å². The van der Waals surface area contributed by atoms with Gasteiger partial charge in [-0.2, -0.15) is 13.2 Å². The average molecular weight is 604 g/mol. The lowest BCUT2D eigenvalue weighted by atomic mass is 10.0. The molecule has 1 aromatic heterocycles. The number of aromatic nitrogens is 1. The van der Waals surface area contributed by atoms with Crippen molar-refractivity contribution in [3.05, 3.63) is 52.2 Å². The van der Waals surface area contributed by atoms with Crippen LogP contribution in [-0.2, 0) is 19.2 Å². The third-order valence-corrected chi connectivity index (χ3v) is 7.27. The average Bonchev–Trinajstić information content (AvgIpc) is 3.31. The number of halogens is 3. The Morgan fingerprint density at radius 2 is 1.98 bits per heavy atom. The van der Waals surface area contributed by atoms with E-state index >= 15 is 0 Å². The van der Waals surface area contributed by atoms with E-state index in [-0.39, 0.29) is 23.1 Å². The predicted molar refractivity (Wildman–Crippen MR) is 135 cm³/mol. The molecule has 18 heteroatoms. The highest BCUT2D eigenvalue weighted by Gasteiger charge is 2.54. The van der Waals surface area contributed by atoms with Crippen molar-refractivity contribution < 1.29 is 52.5 Å². The fourth-order valence-corrected chi connectivity index (χ4v) is 5.36. The van der Waals surface area contributed by atoms with Gasteiger partial charge in [-0.05, 0) is 24.6 Å². The van der Waals surface area contributed by atoms with E-state index in [1.54, 1.807) is 6.07 Å². The molecule has 2 aliphatic heterocycles. The Morgan fingerprint density at radius 1 is 1.30 bits per heavy atom. The molecule has 2 aromatic rings. The number of anilines is 1. The number of aliphatic carboxylic acids is 2. The van der Waals surface area contributed by atoms with E-state index in [4.69, 9.17) is 20.4 Å². The number of fused-ring (bicyclic) bond motifs is 1. The minimum Gasteiger partial charge on any atom is -0.489 e. The Kier molecular flexibility index (Phi) is 9.25. The number of nitrogens with two attached hydrogens (primary N) is 1. The lowest BCUT2D eigenvalue weighted by Crippen LogP contribution is -2.71. The Bertz CT molecular complexity index is 1390. The van der Waals surface area contributed by atoms with Gasteiger partial charge in [0.05, 0.1) is 0 Å². The van der Waals surface area contributed by atoms with Crippen LogP contribution in [-0.4, -0.2) is 84.7 Å². The zero-order valence-electron chi connectivity index (χ0n) is 20.2. The van der Waals surface area contributed by atoms with Crippen LogP contribution in [0.5, 0.6) is 5.75 Å². The molecule has 13 nitrogen and oxygen atoms in total. The Labute approximate surface area is 231 Å². The third-order valence-electron chi connectivity index (χ3n) is 5.26. The molecule has 6 N–H and O–H groups in total. The molecule has 4 rings (SSSR count). The number of nitrogens with zero attached hydrogens (tertiary/aromatic N) is 3. The summed E-state index contributed by atoms with van der Waals surface area (Å²) >= 11 is 2.37. The number of oxime groups is 1. The van der Waals surface area contributed by atoms with Gasteiger partial charge in [0.1, 0.15) is 35.2 Å². The number of thioether (sulfide) groups is 1. The Hall–Kier alpha value is -4.32. The zero-order chi connectivity index (χ0) is 29.8. The van der Waals surface area contributed by atoms with Gasteiger partial charge >= 0.3 is 18.1 Å². The summed E-state index contributed by atoms with van der Waals surface area (Å²) in [7, 11) is 0. The maximum atomic E-state index is 12.8. The van der Waals surface area contributed by atoms with E-state index in [2.05, 4.69) is 15.5 Å². The summed E-state index contributed by atoms with van der Waals surface area (Å²) < 4.78 is 37.5. The largest absolute Gasteiger partial charge is 0.490 e. The third kappa shape index (κ3) is 6.81. The number of nitrogen functional groups attached to an aromatic ring is 1. The highest BCUT2D eigenvalue weighted by atomic mass is 32.2. The van der Waals surface area contributed by atoms with Crippen LogP contribution in [0.2, 0.25) is 0 Å². The second-order valence-electron chi connectivity index (χ2n) is 8.05. The van der Waals surface area contributed by atoms with Crippen molar-refractivity contribution in [1.29, 1.82) is 0 Å². The second-order valence-corrected chi connectivity index (χ2v) is 10.0. The minimum absolute atomic E-state index is 0.0121. The number of carbonyl (C=O) groups excluding carboxylic acids is 2. The molecule has 0 radical (unpaired) electrons. The summed E-state index contributed by atoms with van der Waals surface area (Å²) in [5, 5.41) is 32.6. The van der Waals surface area contributed by atoms with Gasteiger partial charge in [0.2, 0.25) is 0 Å². The lowest BCUT2D eigenvalue weighted by molar-refractivity contribution is -0.192. The van der Waals surface area contributed by atoms with E-state index in [0.717, 1.165) is 21.8 Å². The number of amides is 2. The minimum atomic E-state index is -5.08. The first-order chi connectivity index (χ1) is 18.7. The monoisotopic (exact) mass is 603 g/mol. The van der Waals surface area contributed by atoms with E-state index in [1.807, 2.05) is 25.1 Å². The maximum Gasteiger partial charge on any atom is 0.490 e. The number of rotatable bonds is 7. The normalized spacial score (nSPS) is 18.6. The second kappa shape index (κ2) is 12.2. The molecule has 0 spiro atoms. The number of ether oxygens (including phenoxy) is 1. The van der Waals surface area contributed by atoms with E-state index in [1.165, 1.54) is 17.1 Å². The van der Waals surface area contributed by atoms with Crippen molar-refractivity contribution in [2.75, 3.05) is 18.1 Å². The van der Waals surface area contributed by atoms with Crippen LogP contribution in [0.15, 0.2) is 46.1 Å². The van der Waals surface area contributed by atoms with Crippen molar-refractivity contribution in [2.24, 2.45) is 5.16 Å². The molecule has 2 aliphatic rings. The Morgan fingerprint density at radius 3 is 2.50 bits per heavy atom. The van der Waals surface area contributed by atoms with Gasteiger partial charge in [0, 0.05) is 16.7 Å². The summed E-state index contributed by atoms with van der Waals surface area (Å²) in [5.74, 6) is -4.52. The molecule has 40 heavy (non-hydrogen) atoms. The van der Waals surface area contributed by atoms with Crippen molar-refractivity contribution >= 4 is 57.7 Å². The fourth-order valence-electron chi connectivity index (χ4n) is 3.49. The molecule has 2 atom stereocenters. The highest BCUT2D eigenvalue weighted by Crippen LogP contribution is 2.40. The first-order valence-corrected chi connectivity index (χ1v) is 12.8. The summed E-state index contributed by atoms with van der Waals surface area (Å²) in [4.78, 5) is 51.3. The van der Waals surface area contributed by atoms with Gasteiger partial charge in [-0.3, -0.25) is 14.5 Å². The van der Waals surface area contributed by atoms with Crippen LogP contribution in [0.4, 0.5) is 18.3 Å². The van der Waals surface area contributed by atoms with Crippen LogP contribution in [0.25, 0.3) is 0 Å². The number of thiazole rings is 1. The predicted octanol–water partition coefficient (Wildman–Crippen LogP) is 1.66. The van der Waals surface area contributed by atoms with Gasteiger partial charge in [-0.1, -0.05) is 17.3 Å². The summed E-state index contributed by atoms with van der Waals surface area (Å²) in [6, 6.07) is 6.36. The quantitative estimate of drug-likeness (QED) is 0.133. The molecule has 0 aliphatic carbocycles. The number of carboxylic acid groups (broad SMARTS) is 2. The molecule has 2 amide bonds. The molecular weight excluding hydrogens is 583 g/mol. The number of carbonyl (C=O) groups is 4. The summed E-state index contributed by atoms with van der Waals surface area (Å²) in [6.45, 7) is 1.93. The standard InChI is InChI=1S/C20H19N5O6S2.C2HF3O2/c1-9-3-2-4-11(5-9)31-6-10-7-32-18-14(17(27)25(18)15(10)19(28)29)23-16(26)13(24-30)12-8-33-20(21)22-12;3-2(4,5)1(6)7/h2-5,8,14,18,30H,6-7H2,1H3,(H2,21,22)(H,23,26)(H,28,29);(H,6,7)/b24-13-;/t14?,18-;/m1./s1. The first kappa shape index (κ1) is 30.2. The van der Waals surface area contributed by atoms with Crippen molar-refractivity contribution in [3.63, 3.8) is 0 Å². The molecule has 0 bridgehead atoms. The topological polar surface area (TPSA) is 205 Å². The van der Waals surface area contributed by atoms with Gasteiger partial charge in [0.25, 0.3) is 11.8 Å².